The minimum absolute atomic E-state index is 0.293. The lowest BCUT2D eigenvalue weighted by Crippen LogP contribution is -2.47. The molecule has 2 N–H and O–H groups in total. The Morgan fingerprint density at radius 2 is 2.06 bits per heavy atom. The second kappa shape index (κ2) is 11.1. The van der Waals surface area contributed by atoms with Gasteiger partial charge in [-0.2, -0.15) is 16.5 Å². The van der Waals surface area contributed by atoms with E-state index in [9.17, 15) is 17.6 Å². The fourth-order valence-electron chi connectivity index (χ4n) is 3.54. The lowest BCUT2D eigenvalue weighted by molar-refractivity contribution is -0.122. The van der Waals surface area contributed by atoms with Crippen LogP contribution >= 0.6 is 11.8 Å². The van der Waals surface area contributed by atoms with Gasteiger partial charge < -0.3 is 9.88 Å². The van der Waals surface area contributed by atoms with Crippen LogP contribution in [0.15, 0.2) is 29.2 Å². The third-order valence-electron chi connectivity index (χ3n) is 5.18. The van der Waals surface area contributed by atoms with E-state index in [1.807, 2.05) is 6.26 Å². The van der Waals surface area contributed by atoms with Crippen molar-refractivity contribution in [3.63, 3.8) is 0 Å². The molecular formula is C20H28FN5O3S2. The number of carbonyl (C=O) groups excluding carboxylic acids is 1. The molecule has 1 aliphatic rings. The molecule has 0 fully saturated rings. The lowest BCUT2D eigenvalue weighted by Gasteiger charge is -2.18. The maximum Gasteiger partial charge on any atom is 0.244 e. The van der Waals surface area contributed by atoms with Gasteiger partial charge in [-0.3, -0.25) is 4.79 Å². The van der Waals surface area contributed by atoms with Gasteiger partial charge in [0.25, 0.3) is 0 Å². The smallest absolute Gasteiger partial charge is 0.244 e. The predicted octanol–water partition coefficient (Wildman–Crippen LogP) is 1.90. The van der Waals surface area contributed by atoms with E-state index in [0.29, 0.717) is 25.1 Å². The number of nitrogens with one attached hydrogen (secondary N) is 2. The summed E-state index contributed by atoms with van der Waals surface area (Å²) < 4.78 is 43.7. The molecule has 0 saturated carbocycles. The topological polar surface area (TPSA) is 106 Å². The van der Waals surface area contributed by atoms with Crippen molar-refractivity contribution in [3.8, 4) is 0 Å². The zero-order chi connectivity index (χ0) is 22.3. The van der Waals surface area contributed by atoms with E-state index in [0.717, 1.165) is 43.5 Å². The Hall–Kier alpha value is -1.98. The monoisotopic (exact) mass is 469 g/mol. The number of fused-ring (bicyclic) bond motifs is 1. The Labute approximate surface area is 186 Å². The molecule has 1 aromatic heterocycles. The Kier molecular flexibility index (Phi) is 8.44. The van der Waals surface area contributed by atoms with Crippen molar-refractivity contribution in [1.29, 1.82) is 0 Å². The highest BCUT2D eigenvalue weighted by atomic mass is 32.2. The molecule has 31 heavy (non-hydrogen) atoms. The number of benzene rings is 1. The fourth-order valence-corrected chi connectivity index (χ4v) is 5.32. The summed E-state index contributed by atoms with van der Waals surface area (Å²) in [6, 6.07) is 4.12. The van der Waals surface area contributed by atoms with Gasteiger partial charge in [0.1, 0.15) is 28.4 Å². The summed E-state index contributed by atoms with van der Waals surface area (Å²) in [4.78, 5) is 12.3. The Bertz CT molecular complexity index is 996. The molecule has 1 amide bonds. The van der Waals surface area contributed by atoms with Gasteiger partial charge in [0.2, 0.25) is 15.9 Å². The van der Waals surface area contributed by atoms with Crippen molar-refractivity contribution in [2.24, 2.45) is 0 Å². The van der Waals surface area contributed by atoms with Gasteiger partial charge in [-0.05, 0) is 43.4 Å². The first-order valence-electron chi connectivity index (χ1n) is 10.4. The third kappa shape index (κ3) is 6.27. The molecule has 2 heterocycles. The largest absolute Gasteiger partial charge is 0.354 e. The van der Waals surface area contributed by atoms with Crippen LogP contribution in [0, 0.1) is 5.82 Å². The molecule has 3 rings (SSSR count). The van der Waals surface area contributed by atoms with Crippen LogP contribution in [0.5, 0.6) is 0 Å². The molecule has 1 atom stereocenters. The van der Waals surface area contributed by atoms with E-state index in [4.69, 9.17) is 0 Å². The van der Waals surface area contributed by atoms with Crippen molar-refractivity contribution in [3.05, 3.63) is 41.7 Å². The van der Waals surface area contributed by atoms with Crippen LogP contribution in [0.1, 0.15) is 37.3 Å². The number of amides is 1. The molecule has 0 spiro atoms. The normalized spacial score (nSPS) is 15.2. The van der Waals surface area contributed by atoms with Gasteiger partial charge in [-0.1, -0.05) is 18.6 Å². The quantitative estimate of drug-likeness (QED) is 0.551. The summed E-state index contributed by atoms with van der Waals surface area (Å²) in [5.41, 5.74) is 0. The van der Waals surface area contributed by atoms with Crippen LogP contribution in [0.2, 0.25) is 0 Å². The zero-order valence-electron chi connectivity index (χ0n) is 17.5. The standard InChI is InChI=1S/C20H28FN5O3S2/c1-30-14-11-16(25-31(28,29)17-8-5-4-7-15(17)21)20(27)22-12-10-19-24-23-18-9-3-2-6-13-26(18)19/h4-5,7-8,16,25H,2-3,6,9-14H2,1H3,(H,22,27). The number of sulfonamides is 1. The third-order valence-corrected chi connectivity index (χ3v) is 7.33. The Morgan fingerprint density at radius 3 is 2.84 bits per heavy atom. The highest BCUT2D eigenvalue weighted by molar-refractivity contribution is 7.98. The van der Waals surface area contributed by atoms with E-state index in [-0.39, 0.29) is 0 Å². The van der Waals surface area contributed by atoms with Crippen molar-refractivity contribution in [2.75, 3.05) is 18.6 Å². The Morgan fingerprint density at radius 1 is 1.26 bits per heavy atom. The minimum atomic E-state index is -4.17. The minimum Gasteiger partial charge on any atom is -0.354 e. The SMILES string of the molecule is CSCCC(NS(=O)(=O)c1ccccc1F)C(=O)NCCc1nnc2n1CCCCC2. The number of nitrogens with zero attached hydrogens (tertiary/aromatic N) is 3. The summed E-state index contributed by atoms with van der Waals surface area (Å²) in [5, 5.41) is 11.3. The fraction of sp³-hybridized carbons (Fsp3) is 0.550. The molecule has 8 nitrogen and oxygen atoms in total. The first-order valence-corrected chi connectivity index (χ1v) is 13.2. The number of aryl methyl sites for hydroxylation is 1. The average Bonchev–Trinajstić information content (AvgIpc) is 2.97. The van der Waals surface area contributed by atoms with Gasteiger partial charge in [0.15, 0.2) is 0 Å². The van der Waals surface area contributed by atoms with E-state index in [1.54, 1.807) is 0 Å². The first kappa shape index (κ1) is 23.7. The lowest BCUT2D eigenvalue weighted by atomic mass is 10.2. The summed E-state index contributed by atoms with van der Waals surface area (Å²) in [7, 11) is -4.17. The van der Waals surface area contributed by atoms with Gasteiger partial charge in [0, 0.05) is 25.9 Å². The van der Waals surface area contributed by atoms with Crippen LogP contribution in [-0.4, -0.2) is 53.7 Å². The molecule has 0 aliphatic carbocycles. The zero-order valence-corrected chi connectivity index (χ0v) is 19.1. The van der Waals surface area contributed by atoms with E-state index in [2.05, 4.69) is 24.8 Å². The number of aromatic nitrogens is 3. The van der Waals surface area contributed by atoms with E-state index >= 15 is 0 Å². The highest BCUT2D eigenvalue weighted by Crippen LogP contribution is 2.16. The number of hydrogen-bond donors (Lipinski definition) is 2. The second-order valence-electron chi connectivity index (χ2n) is 7.42. The molecular weight excluding hydrogens is 441 g/mol. The molecule has 0 saturated heterocycles. The van der Waals surface area contributed by atoms with Crippen molar-refractivity contribution < 1.29 is 17.6 Å². The van der Waals surface area contributed by atoms with Gasteiger partial charge in [-0.15, -0.1) is 10.2 Å². The van der Waals surface area contributed by atoms with Crippen LogP contribution in [-0.2, 0) is 34.2 Å². The van der Waals surface area contributed by atoms with Gasteiger partial charge >= 0.3 is 0 Å². The number of hydrogen-bond acceptors (Lipinski definition) is 6. The predicted molar refractivity (Wildman–Crippen MR) is 118 cm³/mol. The number of rotatable bonds is 10. The van der Waals surface area contributed by atoms with Gasteiger partial charge in [-0.25, -0.2) is 12.8 Å². The number of thioether (sulfide) groups is 1. The maximum atomic E-state index is 14.0. The van der Waals surface area contributed by atoms with Crippen LogP contribution < -0.4 is 10.0 Å². The average molecular weight is 470 g/mol. The molecule has 11 heteroatoms. The molecule has 1 unspecified atom stereocenters. The molecule has 1 aliphatic heterocycles. The van der Waals surface area contributed by atoms with E-state index < -0.39 is 32.7 Å². The Balaban J connectivity index is 1.62. The van der Waals surface area contributed by atoms with Crippen LogP contribution in [0.3, 0.4) is 0 Å². The summed E-state index contributed by atoms with van der Waals surface area (Å²) >= 11 is 1.50. The summed E-state index contributed by atoms with van der Waals surface area (Å²) in [6.07, 6.45) is 6.94. The van der Waals surface area contributed by atoms with Crippen LogP contribution in [0.4, 0.5) is 4.39 Å². The maximum absolute atomic E-state index is 14.0. The van der Waals surface area contributed by atoms with Crippen LogP contribution in [0.25, 0.3) is 0 Å². The second-order valence-corrected chi connectivity index (χ2v) is 10.1. The molecule has 0 bridgehead atoms. The molecule has 2 aromatic rings. The molecule has 0 radical (unpaired) electrons. The molecule has 1 aromatic carbocycles. The van der Waals surface area contributed by atoms with E-state index in [1.165, 1.54) is 36.4 Å². The van der Waals surface area contributed by atoms with Gasteiger partial charge in [0.05, 0.1) is 0 Å². The number of carbonyl (C=O) groups is 1. The number of halogens is 1. The van der Waals surface area contributed by atoms with Crippen molar-refractivity contribution in [2.45, 2.75) is 56.0 Å². The summed E-state index contributed by atoms with van der Waals surface area (Å²) in [6.45, 7) is 1.19. The van der Waals surface area contributed by atoms with Crippen molar-refractivity contribution in [1.82, 2.24) is 24.8 Å². The summed E-state index contributed by atoms with van der Waals surface area (Å²) in [5.74, 6) is 1.09. The molecule has 170 valence electrons. The van der Waals surface area contributed by atoms with Crippen molar-refractivity contribution >= 4 is 27.7 Å². The first-order chi connectivity index (χ1) is 14.9. The highest BCUT2D eigenvalue weighted by Gasteiger charge is 2.27.